The smallest absolute Gasteiger partial charge is 0.294 e. The van der Waals surface area contributed by atoms with Crippen molar-refractivity contribution in [3.05, 3.63) is 82.0 Å². The predicted octanol–water partition coefficient (Wildman–Crippen LogP) is 6.70. The lowest BCUT2D eigenvalue weighted by atomic mass is 10.1. The SMILES string of the molecule is CCCCCCn1c(/C=C(\C#N)c2ccc([N+](=O)[O-])cc2)ccc1N=Nc1ccc(S(=O)(=O)O)cc1. The van der Waals surface area contributed by atoms with Gasteiger partial charge in [-0.15, -0.1) is 10.2 Å². The molecule has 1 N–H and O–H groups in total. The minimum Gasteiger partial charge on any atom is -0.325 e. The quantitative estimate of drug-likeness (QED) is 0.0761. The maximum atomic E-state index is 11.2. The summed E-state index contributed by atoms with van der Waals surface area (Å²) in [5.74, 6) is 0.553. The Morgan fingerprint density at radius 2 is 1.75 bits per heavy atom. The number of aromatic nitrogens is 1. The van der Waals surface area contributed by atoms with E-state index in [1.165, 1.54) is 36.4 Å². The van der Waals surface area contributed by atoms with Gasteiger partial charge in [-0.05, 0) is 66.6 Å². The van der Waals surface area contributed by atoms with Crippen LogP contribution in [0.5, 0.6) is 0 Å². The number of non-ortho nitro benzene ring substituents is 1. The third kappa shape index (κ3) is 6.94. The highest BCUT2D eigenvalue weighted by atomic mass is 32.2. The van der Waals surface area contributed by atoms with Gasteiger partial charge in [-0.3, -0.25) is 14.7 Å². The molecule has 2 aromatic carbocycles. The molecule has 0 unspecified atom stereocenters. The molecule has 0 fully saturated rings. The third-order valence-electron chi connectivity index (χ3n) is 5.43. The first-order chi connectivity index (χ1) is 17.2. The molecule has 1 aromatic heterocycles. The van der Waals surface area contributed by atoms with Gasteiger partial charge in [0.2, 0.25) is 0 Å². The van der Waals surface area contributed by atoms with Crippen LogP contribution in [0.1, 0.15) is 43.9 Å². The molecule has 0 atom stereocenters. The second kappa shape index (κ2) is 12.0. The van der Waals surface area contributed by atoms with Crippen LogP contribution in [-0.4, -0.2) is 22.5 Å². The molecular formula is C25H25N5O5S. The summed E-state index contributed by atoms with van der Waals surface area (Å²) < 4.78 is 33.5. The molecule has 11 heteroatoms. The summed E-state index contributed by atoms with van der Waals surface area (Å²) in [4.78, 5) is 10.2. The first-order valence-corrected chi connectivity index (χ1v) is 12.7. The van der Waals surface area contributed by atoms with Crippen LogP contribution in [0.2, 0.25) is 0 Å². The molecule has 0 spiro atoms. The summed E-state index contributed by atoms with van der Waals surface area (Å²) in [5, 5.41) is 29.2. The van der Waals surface area contributed by atoms with E-state index in [1.54, 1.807) is 24.3 Å². The van der Waals surface area contributed by atoms with Crippen molar-refractivity contribution < 1.29 is 17.9 Å². The van der Waals surface area contributed by atoms with Gasteiger partial charge in [-0.25, -0.2) is 0 Å². The lowest BCUT2D eigenvalue weighted by molar-refractivity contribution is -0.384. The predicted molar refractivity (Wildman–Crippen MR) is 136 cm³/mol. The summed E-state index contributed by atoms with van der Waals surface area (Å²) in [6.07, 6.45) is 5.81. The van der Waals surface area contributed by atoms with Crippen molar-refractivity contribution in [1.29, 1.82) is 5.26 Å². The molecular weight excluding hydrogens is 482 g/mol. The van der Waals surface area contributed by atoms with Gasteiger partial charge in [-0.1, -0.05) is 26.2 Å². The monoisotopic (exact) mass is 507 g/mol. The van der Waals surface area contributed by atoms with Crippen molar-refractivity contribution in [3.63, 3.8) is 0 Å². The molecule has 0 radical (unpaired) electrons. The van der Waals surface area contributed by atoms with Gasteiger partial charge in [0.25, 0.3) is 15.8 Å². The van der Waals surface area contributed by atoms with Gasteiger partial charge < -0.3 is 4.57 Å². The second-order valence-corrected chi connectivity index (χ2v) is 9.39. The van der Waals surface area contributed by atoms with Gasteiger partial charge in [-0.2, -0.15) is 13.7 Å². The Morgan fingerprint density at radius 1 is 1.06 bits per heavy atom. The van der Waals surface area contributed by atoms with Gasteiger partial charge in [0, 0.05) is 24.4 Å². The van der Waals surface area contributed by atoms with Gasteiger partial charge >= 0.3 is 0 Å². The van der Waals surface area contributed by atoms with Crippen molar-refractivity contribution in [2.24, 2.45) is 10.2 Å². The van der Waals surface area contributed by atoms with E-state index in [0.717, 1.165) is 31.4 Å². The van der Waals surface area contributed by atoms with Crippen molar-refractivity contribution in [2.75, 3.05) is 0 Å². The number of hydrogen-bond donors (Lipinski definition) is 1. The molecule has 0 saturated heterocycles. The minimum atomic E-state index is -4.29. The van der Waals surface area contributed by atoms with E-state index in [1.807, 2.05) is 10.6 Å². The average Bonchev–Trinajstić information content (AvgIpc) is 3.24. The van der Waals surface area contributed by atoms with E-state index in [-0.39, 0.29) is 10.6 Å². The van der Waals surface area contributed by atoms with Crippen LogP contribution in [-0.2, 0) is 16.7 Å². The van der Waals surface area contributed by atoms with Gasteiger partial charge in [0.1, 0.15) is 0 Å². The standard InChI is InChI=1S/C25H25N5O5S/c1-2-3-4-5-16-29-23(17-20(18-26)19-6-10-22(11-7-19)30(31)32)12-15-25(29)28-27-21-8-13-24(14-9-21)36(33,34)35/h6-15,17H,2-5,16H2,1H3,(H,33,34,35)/b20-17+,28-27?. The summed E-state index contributed by atoms with van der Waals surface area (Å²) in [6, 6.07) is 16.9. The zero-order valence-electron chi connectivity index (χ0n) is 19.6. The van der Waals surface area contributed by atoms with Crippen molar-refractivity contribution in [2.45, 2.75) is 44.0 Å². The van der Waals surface area contributed by atoms with Crippen molar-refractivity contribution >= 4 is 39.0 Å². The molecule has 0 aliphatic rings. The van der Waals surface area contributed by atoms with Crippen LogP contribution >= 0.6 is 0 Å². The van der Waals surface area contributed by atoms with Gasteiger partial charge in [0.05, 0.1) is 27.1 Å². The molecule has 0 amide bonds. The molecule has 0 bridgehead atoms. The zero-order valence-corrected chi connectivity index (χ0v) is 20.4. The first kappa shape index (κ1) is 26.5. The second-order valence-electron chi connectivity index (χ2n) is 7.97. The van der Waals surface area contributed by atoms with E-state index < -0.39 is 15.0 Å². The molecule has 0 aliphatic carbocycles. The van der Waals surface area contributed by atoms with Crippen molar-refractivity contribution in [1.82, 2.24) is 4.57 Å². The van der Waals surface area contributed by atoms with Crippen LogP contribution in [0.3, 0.4) is 0 Å². The highest BCUT2D eigenvalue weighted by Gasteiger charge is 2.11. The Balaban J connectivity index is 1.92. The molecule has 186 valence electrons. The number of nitro benzene ring substituents is 1. The topological polar surface area (TPSA) is 151 Å². The summed E-state index contributed by atoms with van der Waals surface area (Å²) in [7, 11) is -4.29. The fraction of sp³-hybridized carbons (Fsp3) is 0.240. The molecule has 3 aromatic rings. The molecule has 36 heavy (non-hydrogen) atoms. The number of benzene rings is 2. The summed E-state index contributed by atoms with van der Waals surface area (Å²) in [5.41, 5.74) is 1.99. The number of hydrogen-bond acceptors (Lipinski definition) is 7. The van der Waals surface area contributed by atoms with Crippen LogP contribution in [0.15, 0.2) is 75.8 Å². The number of azo groups is 1. The van der Waals surface area contributed by atoms with Crippen LogP contribution in [0.25, 0.3) is 11.6 Å². The van der Waals surface area contributed by atoms with Crippen LogP contribution in [0.4, 0.5) is 17.2 Å². The normalized spacial score (nSPS) is 12.1. The van der Waals surface area contributed by atoms with E-state index in [4.69, 9.17) is 4.55 Å². The molecule has 10 nitrogen and oxygen atoms in total. The minimum absolute atomic E-state index is 0.0531. The number of unbranched alkanes of at least 4 members (excludes halogenated alkanes) is 3. The zero-order chi connectivity index (χ0) is 26.1. The molecule has 1 heterocycles. The van der Waals surface area contributed by atoms with E-state index >= 15 is 0 Å². The maximum Gasteiger partial charge on any atom is 0.294 e. The highest BCUT2D eigenvalue weighted by molar-refractivity contribution is 7.85. The van der Waals surface area contributed by atoms with Crippen LogP contribution in [0, 0.1) is 21.4 Å². The molecule has 3 rings (SSSR count). The number of nitrogens with zero attached hydrogens (tertiary/aromatic N) is 5. The van der Waals surface area contributed by atoms with E-state index in [2.05, 4.69) is 23.2 Å². The first-order valence-electron chi connectivity index (χ1n) is 11.3. The summed E-state index contributed by atoms with van der Waals surface area (Å²) >= 11 is 0. The third-order valence-corrected chi connectivity index (χ3v) is 6.30. The lowest BCUT2D eigenvalue weighted by Crippen LogP contribution is -2.00. The van der Waals surface area contributed by atoms with Crippen molar-refractivity contribution in [3.8, 4) is 6.07 Å². The fourth-order valence-corrected chi connectivity index (χ4v) is 3.99. The Bertz CT molecular complexity index is 1420. The molecule has 0 aliphatic heterocycles. The lowest BCUT2D eigenvalue weighted by Gasteiger charge is -2.09. The van der Waals surface area contributed by atoms with Crippen LogP contribution < -0.4 is 0 Å². The maximum absolute atomic E-state index is 11.2. The largest absolute Gasteiger partial charge is 0.325 e. The van der Waals surface area contributed by atoms with E-state index in [0.29, 0.717) is 29.2 Å². The number of nitriles is 1. The average molecular weight is 508 g/mol. The number of nitro groups is 1. The molecule has 0 saturated carbocycles. The number of rotatable bonds is 11. The highest BCUT2D eigenvalue weighted by Crippen LogP contribution is 2.27. The fourth-order valence-electron chi connectivity index (χ4n) is 3.51. The Morgan fingerprint density at radius 3 is 2.33 bits per heavy atom. The number of allylic oxidation sites excluding steroid dienone is 1. The van der Waals surface area contributed by atoms with Gasteiger partial charge in [0.15, 0.2) is 5.82 Å². The Labute approximate surface area is 209 Å². The van der Waals surface area contributed by atoms with E-state index in [9.17, 15) is 23.8 Å². The Kier molecular flexibility index (Phi) is 8.83. The Hall–Kier alpha value is -4.14. The summed E-state index contributed by atoms with van der Waals surface area (Å²) in [6.45, 7) is 2.77.